The number of aliphatic imine (C=N–C) groups is 1. The van der Waals surface area contributed by atoms with Crippen LogP contribution in [0.3, 0.4) is 0 Å². The van der Waals surface area contributed by atoms with E-state index in [0.717, 1.165) is 0 Å². The van der Waals surface area contributed by atoms with Crippen LogP contribution in [0.5, 0.6) is 5.75 Å². The van der Waals surface area contributed by atoms with Gasteiger partial charge in [-0.05, 0) is 24.3 Å². The molecule has 0 N–H and O–H groups in total. The minimum atomic E-state index is -5.65. The topological polar surface area (TPSA) is 21.6 Å². The average molecular weight is 325 g/mol. The van der Waals surface area contributed by atoms with Crippen LogP contribution in [-0.2, 0) is 0 Å². The van der Waals surface area contributed by atoms with Crippen molar-refractivity contribution in [2.75, 3.05) is 7.11 Å². The van der Waals surface area contributed by atoms with Crippen LogP contribution in [0.15, 0.2) is 29.3 Å². The summed E-state index contributed by atoms with van der Waals surface area (Å²) in [4.78, 5) is 3.60. The number of hydrogen-bond acceptors (Lipinski definition) is 2. The fourth-order valence-electron chi connectivity index (χ4n) is 1.63. The van der Waals surface area contributed by atoms with E-state index in [1.807, 2.05) is 0 Å². The summed E-state index contributed by atoms with van der Waals surface area (Å²) >= 11 is 0. The lowest BCUT2D eigenvalue weighted by atomic mass is 10.3. The Morgan fingerprint density at radius 3 is 1.81 bits per heavy atom. The summed E-state index contributed by atoms with van der Waals surface area (Å²) in [7, 11) is -1.57. The van der Waals surface area contributed by atoms with Gasteiger partial charge in [0, 0.05) is 0 Å². The average Bonchev–Trinajstić information content (AvgIpc) is 2.33. The van der Waals surface area contributed by atoms with Crippen molar-refractivity contribution in [2.24, 2.45) is 4.99 Å². The molecule has 0 saturated carbocycles. The molecule has 0 fully saturated rings. The lowest BCUT2D eigenvalue weighted by Crippen LogP contribution is -2.54. The third-order valence-corrected chi connectivity index (χ3v) is 4.52. The fourth-order valence-corrected chi connectivity index (χ4v) is 3.18. The predicted octanol–water partition coefficient (Wildman–Crippen LogP) is 4.84. The van der Waals surface area contributed by atoms with Gasteiger partial charge in [0.2, 0.25) is 0 Å². The number of ether oxygens (including phenoxy) is 1. The Kier molecular flexibility index (Phi) is 4.82. The zero-order valence-electron chi connectivity index (χ0n) is 12.1. The predicted molar refractivity (Wildman–Crippen MR) is 74.4 cm³/mol. The molecule has 0 aliphatic rings. The standard InChI is InChI=1S/C13H16F5NOSi/c1-20-10-7-5-9(6-8-10)19-11(21(2,3)4)12(14,15)13(16,17)18/h5-8H,1-4H3. The normalized spacial score (nSPS) is 14.2. The van der Waals surface area contributed by atoms with E-state index in [1.54, 1.807) is 0 Å². The summed E-state index contributed by atoms with van der Waals surface area (Å²) in [6.07, 6.45) is -5.65. The summed E-state index contributed by atoms with van der Waals surface area (Å²) < 4.78 is 70.1. The van der Waals surface area contributed by atoms with Gasteiger partial charge in [-0.25, -0.2) is 0 Å². The molecule has 0 bridgehead atoms. The fraction of sp³-hybridized carbons (Fsp3) is 0.462. The first-order valence-corrected chi connectivity index (χ1v) is 9.58. The molecule has 0 amide bonds. The maximum absolute atomic E-state index is 13.7. The van der Waals surface area contributed by atoms with Crippen LogP contribution in [0, 0.1) is 0 Å². The van der Waals surface area contributed by atoms with Gasteiger partial charge >= 0.3 is 12.1 Å². The van der Waals surface area contributed by atoms with Gasteiger partial charge in [0.25, 0.3) is 0 Å². The van der Waals surface area contributed by atoms with Gasteiger partial charge in [-0.2, -0.15) is 22.0 Å². The first kappa shape index (κ1) is 17.6. The highest BCUT2D eigenvalue weighted by molar-refractivity contribution is 7.05. The Labute approximate surface area is 120 Å². The van der Waals surface area contributed by atoms with E-state index in [1.165, 1.54) is 51.0 Å². The number of nitrogens with zero attached hydrogens (tertiary/aromatic N) is 1. The molecule has 0 spiro atoms. The Morgan fingerprint density at radius 1 is 1.00 bits per heavy atom. The van der Waals surface area contributed by atoms with Gasteiger partial charge in [0.1, 0.15) is 13.8 Å². The van der Waals surface area contributed by atoms with Gasteiger partial charge in [0.05, 0.1) is 18.1 Å². The van der Waals surface area contributed by atoms with Crippen LogP contribution in [0.4, 0.5) is 27.6 Å². The second-order valence-electron chi connectivity index (χ2n) is 5.48. The van der Waals surface area contributed by atoms with E-state index < -0.39 is 25.5 Å². The van der Waals surface area contributed by atoms with Crippen molar-refractivity contribution in [3.63, 3.8) is 0 Å². The molecule has 2 nitrogen and oxygen atoms in total. The Bertz CT molecular complexity index is 517. The molecular weight excluding hydrogens is 309 g/mol. The van der Waals surface area contributed by atoms with Crippen LogP contribution in [-0.4, -0.2) is 32.6 Å². The molecule has 118 valence electrons. The summed E-state index contributed by atoms with van der Waals surface area (Å²) in [6.45, 7) is 4.19. The minimum Gasteiger partial charge on any atom is -0.497 e. The first-order chi connectivity index (χ1) is 9.39. The summed E-state index contributed by atoms with van der Waals surface area (Å²) in [5.74, 6) is -4.47. The van der Waals surface area contributed by atoms with Crippen molar-refractivity contribution in [3.8, 4) is 5.75 Å². The molecule has 0 radical (unpaired) electrons. The first-order valence-electron chi connectivity index (χ1n) is 6.08. The van der Waals surface area contributed by atoms with Crippen molar-refractivity contribution >= 4 is 19.1 Å². The van der Waals surface area contributed by atoms with Gasteiger partial charge in [-0.1, -0.05) is 19.6 Å². The molecule has 0 heterocycles. The number of methoxy groups -OCH3 is 1. The smallest absolute Gasteiger partial charge is 0.458 e. The molecule has 1 rings (SSSR count). The van der Waals surface area contributed by atoms with Crippen molar-refractivity contribution in [1.29, 1.82) is 0 Å². The molecule has 0 aliphatic heterocycles. The highest BCUT2D eigenvalue weighted by atomic mass is 28.3. The zero-order chi connectivity index (χ0) is 16.5. The maximum atomic E-state index is 13.7. The molecule has 21 heavy (non-hydrogen) atoms. The Hall–Kier alpha value is -1.44. The van der Waals surface area contributed by atoms with Gasteiger partial charge in [-0.3, -0.25) is 4.99 Å². The number of benzene rings is 1. The highest BCUT2D eigenvalue weighted by Gasteiger charge is 2.63. The van der Waals surface area contributed by atoms with Crippen LogP contribution in [0.2, 0.25) is 19.6 Å². The third kappa shape index (κ3) is 4.02. The van der Waals surface area contributed by atoms with Crippen LogP contribution < -0.4 is 4.74 Å². The zero-order valence-corrected chi connectivity index (χ0v) is 13.1. The van der Waals surface area contributed by atoms with Crippen molar-refractivity contribution in [3.05, 3.63) is 24.3 Å². The van der Waals surface area contributed by atoms with Crippen molar-refractivity contribution < 1.29 is 26.7 Å². The van der Waals surface area contributed by atoms with E-state index >= 15 is 0 Å². The highest BCUT2D eigenvalue weighted by Crippen LogP contribution is 2.40. The van der Waals surface area contributed by atoms with E-state index in [9.17, 15) is 22.0 Å². The molecule has 0 aromatic heterocycles. The molecule has 0 aliphatic carbocycles. The van der Waals surface area contributed by atoms with E-state index in [4.69, 9.17) is 4.74 Å². The molecule has 1 aromatic rings. The second kappa shape index (κ2) is 5.74. The Balaban J connectivity index is 3.35. The van der Waals surface area contributed by atoms with Crippen molar-refractivity contribution in [2.45, 2.75) is 31.7 Å². The van der Waals surface area contributed by atoms with Crippen LogP contribution >= 0.6 is 0 Å². The quantitative estimate of drug-likeness (QED) is 0.441. The SMILES string of the molecule is COc1ccc(N=C(C(F)(F)C(F)(F)F)[Si](C)(C)C)cc1. The van der Waals surface area contributed by atoms with Gasteiger partial charge < -0.3 is 4.74 Å². The van der Waals surface area contributed by atoms with Crippen LogP contribution in [0.25, 0.3) is 0 Å². The molecule has 8 heteroatoms. The largest absolute Gasteiger partial charge is 0.497 e. The van der Waals surface area contributed by atoms with E-state index in [-0.39, 0.29) is 5.69 Å². The molecular formula is C13H16F5NOSi. The molecule has 0 atom stereocenters. The molecule has 1 aromatic carbocycles. The number of hydrogen-bond donors (Lipinski definition) is 0. The summed E-state index contributed by atoms with van der Waals surface area (Å²) in [5, 5.41) is -1.09. The monoisotopic (exact) mass is 325 g/mol. The number of alkyl halides is 5. The van der Waals surface area contributed by atoms with Gasteiger partial charge in [0.15, 0.2) is 0 Å². The van der Waals surface area contributed by atoms with Crippen molar-refractivity contribution in [1.82, 2.24) is 0 Å². The molecule has 0 unspecified atom stereocenters. The summed E-state index contributed by atoms with van der Waals surface area (Å²) in [6, 6.07) is 5.58. The number of halogens is 5. The number of rotatable bonds is 4. The third-order valence-electron chi connectivity index (χ3n) is 2.68. The van der Waals surface area contributed by atoms with Gasteiger partial charge in [-0.15, -0.1) is 0 Å². The lowest BCUT2D eigenvalue weighted by Gasteiger charge is -2.28. The summed E-state index contributed by atoms with van der Waals surface area (Å²) in [5.41, 5.74) is 0.0390. The van der Waals surface area contributed by atoms with E-state index in [0.29, 0.717) is 5.75 Å². The van der Waals surface area contributed by atoms with E-state index in [2.05, 4.69) is 4.99 Å². The Morgan fingerprint density at radius 2 is 1.48 bits per heavy atom. The lowest BCUT2D eigenvalue weighted by molar-refractivity contribution is -0.248. The maximum Gasteiger partial charge on any atom is 0.458 e. The van der Waals surface area contributed by atoms with Crippen LogP contribution in [0.1, 0.15) is 0 Å². The second-order valence-corrected chi connectivity index (χ2v) is 10.5. The minimum absolute atomic E-state index is 0.0390. The molecule has 0 saturated heterocycles.